The topological polar surface area (TPSA) is 223 Å². The number of nitrogens with one attached hydrogen (secondary N) is 1. The van der Waals surface area contributed by atoms with Gasteiger partial charge in [0.15, 0.2) is 17.1 Å². The third kappa shape index (κ3) is 5.54. The Morgan fingerprint density at radius 1 is 1.37 bits per heavy atom. The smallest absolute Gasteiger partial charge is 0.412 e. The van der Waals surface area contributed by atoms with Gasteiger partial charge in [-0.05, 0) is 24.9 Å². The average molecular weight is 537 g/mol. The standard InChI is InChI=1S/C23H32N6O9/c1-5-8-11-37-21(35)26-17-9-10-29(20(34)25-17)14-12-38-22(16(31)7-3,18(14)15(30)6-2)23(36,27-28-24)13(4)19(32)33/h9-10,13-14,18,36H,5-8,11-12H2,1-4H3,(H,32,33)(H,25,26,34,35). The number of aliphatic hydroxyl groups is 1. The van der Waals surface area contributed by atoms with Crippen molar-refractivity contribution in [3.63, 3.8) is 0 Å². The molecule has 0 radical (unpaired) electrons. The minimum absolute atomic E-state index is 0.133. The Morgan fingerprint density at radius 3 is 2.58 bits per heavy atom. The number of rotatable bonds is 13. The quantitative estimate of drug-likeness (QED) is 0.144. The Balaban J connectivity index is 2.63. The van der Waals surface area contributed by atoms with Crippen LogP contribution in [0.3, 0.4) is 0 Å². The largest absolute Gasteiger partial charge is 0.481 e. The van der Waals surface area contributed by atoms with Crippen molar-refractivity contribution >= 4 is 29.4 Å². The minimum atomic E-state index is -3.02. The third-order valence-electron chi connectivity index (χ3n) is 6.60. The number of carboxylic acids is 1. The molecule has 1 saturated heterocycles. The van der Waals surface area contributed by atoms with E-state index in [9.17, 15) is 39.7 Å². The molecule has 15 nitrogen and oxygen atoms in total. The van der Waals surface area contributed by atoms with Gasteiger partial charge >= 0.3 is 17.8 Å². The fraction of sp³-hybridized carbons (Fsp3) is 0.652. The monoisotopic (exact) mass is 536 g/mol. The molecule has 1 aliphatic rings. The van der Waals surface area contributed by atoms with Crippen LogP contribution in [0.1, 0.15) is 59.4 Å². The molecule has 3 N–H and O–H groups in total. The maximum atomic E-state index is 13.4. The van der Waals surface area contributed by atoms with E-state index in [-0.39, 0.29) is 25.3 Å². The van der Waals surface area contributed by atoms with E-state index in [1.165, 1.54) is 26.1 Å². The molecule has 38 heavy (non-hydrogen) atoms. The van der Waals surface area contributed by atoms with Gasteiger partial charge in [-0.1, -0.05) is 32.3 Å². The average Bonchev–Trinajstić information content (AvgIpc) is 3.29. The molecule has 5 unspecified atom stereocenters. The van der Waals surface area contributed by atoms with E-state index >= 15 is 0 Å². The summed E-state index contributed by atoms with van der Waals surface area (Å²) in [7, 11) is 0. The maximum Gasteiger partial charge on any atom is 0.412 e. The molecule has 1 aromatic heterocycles. The van der Waals surface area contributed by atoms with Crippen LogP contribution in [0.4, 0.5) is 10.6 Å². The van der Waals surface area contributed by atoms with Crippen molar-refractivity contribution in [1.29, 1.82) is 0 Å². The summed E-state index contributed by atoms with van der Waals surface area (Å²) in [6.07, 6.45) is 1.36. The fourth-order valence-electron chi connectivity index (χ4n) is 4.54. The molecule has 0 aliphatic carbocycles. The molecule has 1 fully saturated rings. The molecule has 1 amide bonds. The van der Waals surface area contributed by atoms with E-state index in [1.54, 1.807) is 0 Å². The second kappa shape index (κ2) is 12.6. The van der Waals surface area contributed by atoms with Gasteiger partial charge in [-0.15, -0.1) is 0 Å². The summed E-state index contributed by atoms with van der Waals surface area (Å²) in [6, 6.07) is 0.0295. The molecule has 2 rings (SSSR count). The van der Waals surface area contributed by atoms with Gasteiger partial charge in [0.25, 0.3) is 0 Å². The van der Waals surface area contributed by atoms with Crippen molar-refractivity contribution < 1.29 is 38.9 Å². The van der Waals surface area contributed by atoms with Crippen LogP contribution in [0.5, 0.6) is 0 Å². The summed E-state index contributed by atoms with van der Waals surface area (Å²) in [6.45, 7) is 5.50. The van der Waals surface area contributed by atoms with Crippen molar-refractivity contribution in [1.82, 2.24) is 9.55 Å². The number of hydrogen-bond donors (Lipinski definition) is 3. The SMILES string of the molecule is CCCCOC(=O)Nc1ccn(C2COC(C(=O)CC)(C(O)(N=[N+]=[N-])C(C)C(=O)O)C2C(=O)CC)c(=O)n1. The predicted molar refractivity (Wildman–Crippen MR) is 131 cm³/mol. The molecule has 5 atom stereocenters. The zero-order valence-corrected chi connectivity index (χ0v) is 21.6. The molecule has 0 saturated carbocycles. The lowest BCUT2D eigenvalue weighted by Gasteiger charge is -2.45. The number of unbranched alkanes of at least 4 members (excludes halogenated alkanes) is 1. The summed E-state index contributed by atoms with van der Waals surface area (Å²) in [5.41, 5.74) is 2.62. The molecule has 2 heterocycles. The fourth-order valence-corrected chi connectivity index (χ4v) is 4.54. The summed E-state index contributed by atoms with van der Waals surface area (Å²) in [5, 5.41) is 26.8. The summed E-state index contributed by atoms with van der Waals surface area (Å²) in [5.74, 6) is -6.77. The Labute approximate surface area is 217 Å². The number of anilines is 1. The van der Waals surface area contributed by atoms with Gasteiger partial charge in [0.2, 0.25) is 0 Å². The molecular weight excluding hydrogens is 504 g/mol. The van der Waals surface area contributed by atoms with Gasteiger partial charge in [0.05, 0.1) is 31.1 Å². The van der Waals surface area contributed by atoms with Crippen LogP contribution in [0.25, 0.3) is 10.4 Å². The van der Waals surface area contributed by atoms with E-state index < -0.39 is 65.1 Å². The highest BCUT2D eigenvalue weighted by Gasteiger charge is 2.70. The molecule has 0 aromatic carbocycles. The number of ether oxygens (including phenoxy) is 2. The number of carbonyl (C=O) groups excluding carboxylic acids is 3. The van der Waals surface area contributed by atoms with Crippen molar-refractivity contribution in [2.75, 3.05) is 18.5 Å². The highest BCUT2D eigenvalue weighted by atomic mass is 16.5. The highest BCUT2D eigenvalue weighted by molar-refractivity contribution is 5.97. The van der Waals surface area contributed by atoms with Gasteiger partial charge in [-0.25, -0.2) is 9.59 Å². The lowest BCUT2D eigenvalue weighted by molar-refractivity contribution is -0.206. The second-order valence-electron chi connectivity index (χ2n) is 8.78. The summed E-state index contributed by atoms with van der Waals surface area (Å²) < 4.78 is 11.7. The number of azide groups is 1. The first-order valence-electron chi connectivity index (χ1n) is 12.2. The normalized spacial score (nSPS) is 23.0. The lowest BCUT2D eigenvalue weighted by Crippen LogP contribution is -2.67. The van der Waals surface area contributed by atoms with Crippen LogP contribution in [-0.2, 0) is 23.9 Å². The Hall–Kier alpha value is -3.81. The second-order valence-corrected chi connectivity index (χ2v) is 8.78. The summed E-state index contributed by atoms with van der Waals surface area (Å²) >= 11 is 0. The molecule has 0 spiro atoms. The minimum Gasteiger partial charge on any atom is -0.481 e. The molecule has 1 aromatic rings. The predicted octanol–water partition coefficient (Wildman–Crippen LogP) is 2.20. The van der Waals surface area contributed by atoms with Gasteiger partial charge in [-0.2, -0.15) is 4.98 Å². The lowest BCUT2D eigenvalue weighted by atomic mass is 9.67. The third-order valence-corrected chi connectivity index (χ3v) is 6.60. The van der Waals surface area contributed by atoms with Crippen molar-refractivity contribution in [2.45, 2.75) is 70.7 Å². The van der Waals surface area contributed by atoms with E-state index in [1.807, 2.05) is 6.92 Å². The van der Waals surface area contributed by atoms with E-state index in [0.717, 1.165) is 17.9 Å². The molecule has 0 bridgehead atoms. The number of hydrogen-bond acceptors (Lipinski definition) is 10. The molecular formula is C23H32N6O9. The van der Waals surface area contributed by atoms with Gasteiger partial charge in [-0.3, -0.25) is 24.3 Å². The van der Waals surface area contributed by atoms with Crippen LogP contribution < -0.4 is 11.0 Å². The molecule has 15 heteroatoms. The first kappa shape index (κ1) is 30.4. The molecule has 1 aliphatic heterocycles. The van der Waals surface area contributed by atoms with Crippen LogP contribution in [0.2, 0.25) is 0 Å². The first-order valence-corrected chi connectivity index (χ1v) is 12.2. The van der Waals surface area contributed by atoms with E-state index in [4.69, 9.17) is 9.47 Å². The van der Waals surface area contributed by atoms with Gasteiger partial charge in [0, 0.05) is 24.0 Å². The van der Waals surface area contributed by atoms with Crippen LogP contribution in [-0.4, -0.2) is 67.9 Å². The van der Waals surface area contributed by atoms with Crippen LogP contribution in [0.15, 0.2) is 22.2 Å². The number of Topliss-reactive ketones (excluding diaryl/α,β-unsaturated/α-hetero) is 2. The van der Waals surface area contributed by atoms with Crippen molar-refractivity contribution in [3.8, 4) is 0 Å². The maximum absolute atomic E-state index is 13.4. The number of carbonyl (C=O) groups is 4. The van der Waals surface area contributed by atoms with Crippen LogP contribution >= 0.6 is 0 Å². The zero-order valence-electron chi connectivity index (χ0n) is 21.6. The Kier molecular flexibility index (Phi) is 10.1. The number of nitrogens with zero attached hydrogens (tertiary/aromatic N) is 5. The van der Waals surface area contributed by atoms with Gasteiger partial charge < -0.3 is 19.7 Å². The zero-order chi connectivity index (χ0) is 28.7. The number of aromatic nitrogens is 2. The van der Waals surface area contributed by atoms with Crippen molar-refractivity contribution in [2.24, 2.45) is 17.0 Å². The van der Waals surface area contributed by atoms with Gasteiger partial charge in [0.1, 0.15) is 11.6 Å². The Bertz CT molecular complexity index is 1180. The summed E-state index contributed by atoms with van der Waals surface area (Å²) in [4.78, 5) is 69.8. The van der Waals surface area contributed by atoms with Crippen LogP contribution in [0, 0.1) is 11.8 Å². The number of aliphatic carboxylic acids is 1. The Morgan fingerprint density at radius 2 is 2.05 bits per heavy atom. The number of ketones is 2. The van der Waals surface area contributed by atoms with E-state index in [2.05, 4.69) is 20.3 Å². The number of carboxylic acid groups (broad SMARTS) is 1. The van der Waals surface area contributed by atoms with E-state index in [0.29, 0.717) is 6.42 Å². The highest BCUT2D eigenvalue weighted by Crippen LogP contribution is 2.51. The molecule has 208 valence electrons. The van der Waals surface area contributed by atoms with Crippen molar-refractivity contribution in [3.05, 3.63) is 33.2 Å². The number of amides is 1. The first-order chi connectivity index (χ1) is 17.9.